The predicted octanol–water partition coefficient (Wildman–Crippen LogP) is 5.50. The third-order valence-corrected chi connectivity index (χ3v) is 6.10. The average Bonchev–Trinajstić information content (AvgIpc) is 3.12. The fourth-order valence-corrected chi connectivity index (χ4v) is 4.49. The normalized spacial score (nSPS) is 10.9. The number of hydrogen-bond donors (Lipinski definition) is 1. The van der Waals surface area contributed by atoms with Crippen LogP contribution in [0.2, 0.25) is 0 Å². The van der Waals surface area contributed by atoms with E-state index in [-0.39, 0.29) is 12.0 Å². The highest BCUT2D eigenvalue weighted by molar-refractivity contribution is 7.98. The lowest BCUT2D eigenvalue weighted by atomic mass is 10.1. The lowest BCUT2D eigenvalue weighted by molar-refractivity contribution is 0.0951. The van der Waals surface area contributed by atoms with Gasteiger partial charge in [0.1, 0.15) is 5.75 Å². The number of rotatable bonds is 9. The fourth-order valence-electron chi connectivity index (χ4n) is 2.83. The number of carbonyl (C=O) groups is 1. The number of ether oxygens (including phenoxy) is 1. The summed E-state index contributed by atoms with van der Waals surface area (Å²) in [5, 5.41) is 6.18. The SMILES string of the molecule is Cc1nc(CSc2ccccc2C(=O)NCCc2ccc(OC(C)C)cc2)cs1. The molecule has 0 aliphatic heterocycles. The van der Waals surface area contributed by atoms with Gasteiger partial charge in [0.25, 0.3) is 5.91 Å². The molecule has 0 atom stereocenters. The van der Waals surface area contributed by atoms with Crippen molar-refractivity contribution in [3.63, 3.8) is 0 Å². The minimum absolute atomic E-state index is 0.0395. The standard InChI is InChI=1S/C23H26N2O2S2/c1-16(2)27-20-10-8-18(9-11-20)12-13-24-23(26)21-6-4-5-7-22(21)29-15-19-14-28-17(3)25-19/h4-11,14,16H,12-13,15H2,1-3H3,(H,24,26). The largest absolute Gasteiger partial charge is 0.491 e. The molecule has 3 aromatic rings. The van der Waals surface area contributed by atoms with E-state index in [0.717, 1.165) is 33.5 Å². The first-order chi connectivity index (χ1) is 14.0. The van der Waals surface area contributed by atoms with Crippen LogP contribution in [0.15, 0.2) is 58.8 Å². The second-order valence-electron chi connectivity index (χ2n) is 6.96. The molecule has 1 amide bonds. The summed E-state index contributed by atoms with van der Waals surface area (Å²) in [6.07, 6.45) is 0.943. The summed E-state index contributed by atoms with van der Waals surface area (Å²) in [7, 11) is 0. The van der Waals surface area contributed by atoms with Crippen molar-refractivity contribution >= 4 is 29.0 Å². The summed E-state index contributed by atoms with van der Waals surface area (Å²) in [5.74, 6) is 1.59. The first-order valence-electron chi connectivity index (χ1n) is 9.68. The van der Waals surface area contributed by atoms with Crippen molar-refractivity contribution in [1.29, 1.82) is 0 Å². The maximum atomic E-state index is 12.7. The van der Waals surface area contributed by atoms with E-state index in [9.17, 15) is 4.79 Å². The van der Waals surface area contributed by atoms with E-state index in [1.807, 2.05) is 69.3 Å². The van der Waals surface area contributed by atoms with Crippen molar-refractivity contribution in [2.24, 2.45) is 0 Å². The van der Waals surface area contributed by atoms with Crippen LogP contribution in [0.3, 0.4) is 0 Å². The van der Waals surface area contributed by atoms with Crippen molar-refractivity contribution in [1.82, 2.24) is 10.3 Å². The molecular weight excluding hydrogens is 400 g/mol. The average molecular weight is 427 g/mol. The molecule has 6 heteroatoms. The molecular formula is C23H26N2O2S2. The zero-order valence-electron chi connectivity index (χ0n) is 17.0. The predicted molar refractivity (Wildman–Crippen MR) is 121 cm³/mol. The van der Waals surface area contributed by atoms with Crippen molar-refractivity contribution in [2.75, 3.05) is 6.54 Å². The Labute approximate surface area is 180 Å². The first-order valence-corrected chi connectivity index (χ1v) is 11.5. The van der Waals surface area contributed by atoms with Crippen LogP contribution in [0.25, 0.3) is 0 Å². The van der Waals surface area contributed by atoms with Gasteiger partial charge >= 0.3 is 0 Å². The molecule has 0 bridgehead atoms. The quantitative estimate of drug-likeness (QED) is 0.459. The van der Waals surface area contributed by atoms with Gasteiger partial charge in [-0.05, 0) is 57.0 Å². The third kappa shape index (κ3) is 6.61. The Morgan fingerprint density at radius 3 is 2.62 bits per heavy atom. The highest BCUT2D eigenvalue weighted by Gasteiger charge is 2.12. The molecule has 1 aromatic heterocycles. The fraction of sp³-hybridized carbons (Fsp3) is 0.304. The second-order valence-corrected chi connectivity index (χ2v) is 9.04. The van der Waals surface area contributed by atoms with Crippen molar-refractivity contribution < 1.29 is 9.53 Å². The summed E-state index contributed by atoms with van der Waals surface area (Å²) >= 11 is 3.30. The first kappa shape index (κ1) is 21.4. The van der Waals surface area contributed by atoms with Crippen LogP contribution < -0.4 is 10.1 Å². The van der Waals surface area contributed by atoms with Crippen molar-refractivity contribution in [3.8, 4) is 5.75 Å². The number of benzene rings is 2. The van der Waals surface area contributed by atoms with E-state index < -0.39 is 0 Å². The molecule has 29 heavy (non-hydrogen) atoms. The van der Waals surface area contributed by atoms with Gasteiger partial charge in [-0.3, -0.25) is 4.79 Å². The third-order valence-electron chi connectivity index (χ3n) is 4.17. The monoisotopic (exact) mass is 426 g/mol. The Morgan fingerprint density at radius 2 is 1.93 bits per heavy atom. The molecule has 1 heterocycles. The number of nitrogens with one attached hydrogen (secondary N) is 1. The van der Waals surface area contributed by atoms with Crippen LogP contribution in [0.5, 0.6) is 5.75 Å². The van der Waals surface area contributed by atoms with Gasteiger partial charge in [0, 0.05) is 22.6 Å². The maximum absolute atomic E-state index is 12.7. The summed E-state index contributed by atoms with van der Waals surface area (Å²) in [5.41, 5.74) is 2.94. The van der Waals surface area contributed by atoms with E-state index in [4.69, 9.17) is 4.74 Å². The topological polar surface area (TPSA) is 51.2 Å². The summed E-state index contributed by atoms with van der Waals surface area (Å²) < 4.78 is 5.66. The molecule has 3 rings (SSSR count). The van der Waals surface area contributed by atoms with E-state index in [1.54, 1.807) is 23.1 Å². The summed E-state index contributed by atoms with van der Waals surface area (Å²) in [6, 6.07) is 15.8. The van der Waals surface area contributed by atoms with Crippen LogP contribution in [-0.2, 0) is 12.2 Å². The van der Waals surface area contributed by atoms with Crippen LogP contribution in [-0.4, -0.2) is 23.5 Å². The Kier molecular flexibility index (Phi) is 7.72. The van der Waals surface area contributed by atoms with Gasteiger partial charge in [-0.15, -0.1) is 23.1 Å². The molecule has 0 spiro atoms. The van der Waals surface area contributed by atoms with E-state index >= 15 is 0 Å². The van der Waals surface area contributed by atoms with Gasteiger partial charge in [-0.2, -0.15) is 0 Å². The van der Waals surface area contributed by atoms with Gasteiger partial charge in [0.2, 0.25) is 0 Å². The lowest BCUT2D eigenvalue weighted by Gasteiger charge is -2.11. The number of thiazole rings is 1. The van der Waals surface area contributed by atoms with Crippen LogP contribution in [0, 0.1) is 6.92 Å². The Morgan fingerprint density at radius 1 is 1.17 bits per heavy atom. The molecule has 152 valence electrons. The number of amides is 1. The lowest BCUT2D eigenvalue weighted by Crippen LogP contribution is -2.26. The van der Waals surface area contributed by atoms with Crippen LogP contribution >= 0.6 is 23.1 Å². The summed E-state index contributed by atoms with van der Waals surface area (Å²) in [6.45, 7) is 6.62. The van der Waals surface area contributed by atoms with Crippen LogP contribution in [0.1, 0.15) is 40.5 Å². The zero-order valence-corrected chi connectivity index (χ0v) is 18.6. The highest BCUT2D eigenvalue weighted by Crippen LogP contribution is 2.26. The van der Waals surface area contributed by atoms with Crippen molar-refractivity contribution in [2.45, 2.75) is 43.9 Å². The summed E-state index contributed by atoms with van der Waals surface area (Å²) in [4.78, 5) is 18.2. The molecule has 0 saturated heterocycles. The molecule has 0 aliphatic rings. The zero-order chi connectivity index (χ0) is 20.6. The van der Waals surface area contributed by atoms with Gasteiger partial charge in [-0.1, -0.05) is 24.3 Å². The molecule has 0 aliphatic carbocycles. The molecule has 4 nitrogen and oxygen atoms in total. The smallest absolute Gasteiger partial charge is 0.252 e. The van der Waals surface area contributed by atoms with E-state index in [2.05, 4.69) is 15.7 Å². The number of aryl methyl sites for hydroxylation is 1. The number of nitrogens with zero attached hydrogens (tertiary/aromatic N) is 1. The molecule has 1 N–H and O–H groups in total. The molecule has 0 radical (unpaired) electrons. The number of hydrogen-bond acceptors (Lipinski definition) is 5. The minimum atomic E-state index is -0.0395. The van der Waals surface area contributed by atoms with E-state index in [1.165, 1.54) is 5.56 Å². The number of thioether (sulfide) groups is 1. The van der Waals surface area contributed by atoms with Gasteiger partial charge in [0.15, 0.2) is 0 Å². The molecule has 0 unspecified atom stereocenters. The number of carbonyl (C=O) groups excluding carboxylic acids is 1. The van der Waals surface area contributed by atoms with Gasteiger partial charge in [-0.25, -0.2) is 4.98 Å². The Hall–Kier alpha value is -2.31. The maximum Gasteiger partial charge on any atom is 0.252 e. The van der Waals surface area contributed by atoms with Gasteiger partial charge < -0.3 is 10.1 Å². The van der Waals surface area contributed by atoms with E-state index in [0.29, 0.717) is 12.1 Å². The van der Waals surface area contributed by atoms with Crippen LogP contribution in [0.4, 0.5) is 0 Å². The molecule has 0 saturated carbocycles. The Balaban J connectivity index is 1.52. The van der Waals surface area contributed by atoms with Crippen molar-refractivity contribution in [3.05, 3.63) is 75.7 Å². The minimum Gasteiger partial charge on any atom is -0.491 e. The molecule has 0 fully saturated rings. The molecule has 2 aromatic carbocycles. The second kappa shape index (κ2) is 10.5. The highest BCUT2D eigenvalue weighted by atomic mass is 32.2. The number of aromatic nitrogens is 1. The van der Waals surface area contributed by atoms with Gasteiger partial charge in [0.05, 0.1) is 22.4 Å². The Bertz CT molecular complexity index is 936.